The number of carbonyl (C=O) groups is 1. The molecule has 0 aliphatic heterocycles. The van der Waals surface area contributed by atoms with Gasteiger partial charge in [0.15, 0.2) is 0 Å². The lowest BCUT2D eigenvalue weighted by Gasteiger charge is -2.09. The van der Waals surface area contributed by atoms with Crippen molar-refractivity contribution in [2.75, 3.05) is 18.5 Å². The number of amides is 1. The molecule has 0 spiro atoms. The van der Waals surface area contributed by atoms with Gasteiger partial charge in [-0.25, -0.2) is 4.79 Å². The molecule has 0 heterocycles. The number of hydrogen-bond donors (Lipinski definition) is 2. The summed E-state index contributed by atoms with van der Waals surface area (Å²) in [5.74, 6) is 0. The maximum atomic E-state index is 10.7. The molecular formula is C10H13N3O4. The Bertz CT molecular complexity index is 434. The van der Waals surface area contributed by atoms with Gasteiger partial charge in [0.2, 0.25) is 0 Å². The van der Waals surface area contributed by atoms with Gasteiger partial charge in [-0.3, -0.25) is 10.1 Å². The van der Waals surface area contributed by atoms with Crippen LogP contribution >= 0.6 is 0 Å². The Morgan fingerprint density at radius 1 is 1.59 bits per heavy atom. The number of anilines is 1. The van der Waals surface area contributed by atoms with E-state index in [1.54, 1.807) is 19.1 Å². The van der Waals surface area contributed by atoms with E-state index >= 15 is 0 Å². The van der Waals surface area contributed by atoms with Crippen LogP contribution < -0.4 is 11.1 Å². The van der Waals surface area contributed by atoms with Crippen molar-refractivity contribution in [1.29, 1.82) is 0 Å². The predicted octanol–water partition coefficient (Wildman–Crippen LogP) is 1.41. The first-order valence-electron chi connectivity index (χ1n) is 4.92. The van der Waals surface area contributed by atoms with Crippen molar-refractivity contribution >= 4 is 17.5 Å². The van der Waals surface area contributed by atoms with Crippen LogP contribution in [0.3, 0.4) is 0 Å². The van der Waals surface area contributed by atoms with Crippen LogP contribution in [0.15, 0.2) is 18.2 Å². The average Bonchev–Trinajstić information content (AvgIpc) is 2.25. The van der Waals surface area contributed by atoms with E-state index in [-0.39, 0.29) is 12.3 Å². The van der Waals surface area contributed by atoms with Crippen molar-refractivity contribution in [2.45, 2.75) is 6.92 Å². The summed E-state index contributed by atoms with van der Waals surface area (Å²) < 4.78 is 4.52. The summed E-state index contributed by atoms with van der Waals surface area (Å²) in [7, 11) is 0. The SMILES string of the molecule is Cc1c(NCCOC(N)=O)cccc1[N+](=O)[O-]. The van der Waals surface area contributed by atoms with Crippen molar-refractivity contribution in [3.05, 3.63) is 33.9 Å². The molecule has 7 heteroatoms. The third-order valence-corrected chi connectivity index (χ3v) is 2.16. The van der Waals surface area contributed by atoms with Crippen molar-refractivity contribution < 1.29 is 14.5 Å². The Balaban J connectivity index is 2.62. The molecule has 17 heavy (non-hydrogen) atoms. The Morgan fingerprint density at radius 2 is 2.29 bits per heavy atom. The normalized spacial score (nSPS) is 9.71. The molecular weight excluding hydrogens is 226 g/mol. The Labute approximate surface area is 97.7 Å². The molecule has 0 saturated carbocycles. The lowest BCUT2D eigenvalue weighted by atomic mass is 10.1. The lowest BCUT2D eigenvalue weighted by molar-refractivity contribution is -0.385. The minimum atomic E-state index is -0.845. The zero-order valence-corrected chi connectivity index (χ0v) is 9.30. The van der Waals surface area contributed by atoms with Gasteiger partial charge >= 0.3 is 6.09 Å². The van der Waals surface area contributed by atoms with Crippen LogP contribution in [0.1, 0.15) is 5.56 Å². The minimum absolute atomic E-state index is 0.0471. The molecule has 0 aromatic heterocycles. The first kappa shape index (κ1) is 12.8. The fraction of sp³-hybridized carbons (Fsp3) is 0.300. The molecule has 1 amide bonds. The van der Waals surface area contributed by atoms with Crippen molar-refractivity contribution in [3.63, 3.8) is 0 Å². The summed E-state index contributed by atoms with van der Waals surface area (Å²) in [4.78, 5) is 20.5. The standard InChI is InChI=1S/C10H13N3O4/c1-7-8(12-5-6-17-10(11)14)3-2-4-9(7)13(15)16/h2-4,12H,5-6H2,1H3,(H2,11,14). The number of nitro groups is 1. The number of benzene rings is 1. The second-order valence-corrected chi connectivity index (χ2v) is 3.30. The lowest BCUT2D eigenvalue weighted by Crippen LogP contribution is -2.18. The minimum Gasteiger partial charge on any atom is -0.448 e. The first-order chi connectivity index (χ1) is 8.02. The maximum Gasteiger partial charge on any atom is 0.404 e. The van der Waals surface area contributed by atoms with Crippen LogP contribution in [-0.4, -0.2) is 24.2 Å². The highest BCUT2D eigenvalue weighted by atomic mass is 16.6. The number of nitro benzene ring substituents is 1. The summed E-state index contributed by atoms with van der Waals surface area (Å²) >= 11 is 0. The second-order valence-electron chi connectivity index (χ2n) is 3.30. The van der Waals surface area contributed by atoms with Crippen molar-refractivity contribution in [1.82, 2.24) is 0 Å². The van der Waals surface area contributed by atoms with Gasteiger partial charge in [-0.15, -0.1) is 0 Å². The summed E-state index contributed by atoms with van der Waals surface area (Å²) in [6.45, 7) is 2.10. The van der Waals surface area contributed by atoms with Gasteiger partial charge in [-0.1, -0.05) is 6.07 Å². The van der Waals surface area contributed by atoms with Crippen LogP contribution in [0.25, 0.3) is 0 Å². The molecule has 0 bridgehead atoms. The number of primary amides is 1. The molecule has 0 aliphatic rings. The number of ether oxygens (including phenoxy) is 1. The number of nitrogens with one attached hydrogen (secondary N) is 1. The summed E-state index contributed by atoms with van der Waals surface area (Å²) in [6.07, 6.45) is -0.845. The summed E-state index contributed by atoms with van der Waals surface area (Å²) in [5.41, 5.74) is 6.00. The molecule has 7 nitrogen and oxygen atoms in total. The van der Waals surface area contributed by atoms with E-state index in [1.807, 2.05) is 0 Å². The highest BCUT2D eigenvalue weighted by Gasteiger charge is 2.12. The van der Waals surface area contributed by atoms with Gasteiger partial charge in [0.25, 0.3) is 5.69 Å². The van der Waals surface area contributed by atoms with E-state index in [4.69, 9.17) is 5.73 Å². The zero-order chi connectivity index (χ0) is 12.8. The molecule has 3 N–H and O–H groups in total. The Kier molecular flexibility index (Phi) is 4.27. The number of nitrogens with two attached hydrogens (primary N) is 1. The van der Waals surface area contributed by atoms with E-state index in [2.05, 4.69) is 10.1 Å². The largest absolute Gasteiger partial charge is 0.448 e. The Hall–Kier alpha value is -2.31. The van der Waals surface area contributed by atoms with E-state index in [1.165, 1.54) is 6.07 Å². The van der Waals surface area contributed by atoms with Gasteiger partial charge in [0, 0.05) is 23.9 Å². The van der Waals surface area contributed by atoms with Gasteiger partial charge in [0.05, 0.1) is 4.92 Å². The third-order valence-electron chi connectivity index (χ3n) is 2.16. The fourth-order valence-electron chi connectivity index (χ4n) is 1.35. The molecule has 0 radical (unpaired) electrons. The topological polar surface area (TPSA) is 107 Å². The van der Waals surface area contributed by atoms with Crippen molar-refractivity contribution in [3.8, 4) is 0 Å². The number of carbonyl (C=O) groups excluding carboxylic acids is 1. The quantitative estimate of drug-likeness (QED) is 0.459. The van der Waals surface area contributed by atoms with Gasteiger partial charge < -0.3 is 15.8 Å². The number of nitrogens with zero attached hydrogens (tertiary/aromatic N) is 1. The van der Waals surface area contributed by atoms with Gasteiger partial charge in [-0.2, -0.15) is 0 Å². The zero-order valence-electron chi connectivity index (χ0n) is 9.30. The van der Waals surface area contributed by atoms with Crippen LogP contribution in [0.2, 0.25) is 0 Å². The predicted molar refractivity (Wildman–Crippen MR) is 61.9 cm³/mol. The van der Waals surface area contributed by atoms with E-state index in [0.717, 1.165) is 0 Å². The smallest absolute Gasteiger partial charge is 0.404 e. The molecule has 92 valence electrons. The molecule has 1 aromatic carbocycles. The van der Waals surface area contributed by atoms with E-state index < -0.39 is 11.0 Å². The highest BCUT2D eigenvalue weighted by Crippen LogP contribution is 2.24. The number of rotatable bonds is 5. The summed E-state index contributed by atoms with van der Waals surface area (Å²) in [5, 5.41) is 13.6. The van der Waals surface area contributed by atoms with E-state index in [9.17, 15) is 14.9 Å². The third kappa shape index (κ3) is 3.63. The Morgan fingerprint density at radius 3 is 2.88 bits per heavy atom. The second kappa shape index (κ2) is 5.69. The van der Waals surface area contributed by atoms with Gasteiger partial charge in [-0.05, 0) is 13.0 Å². The van der Waals surface area contributed by atoms with Gasteiger partial charge in [0.1, 0.15) is 6.61 Å². The molecule has 0 fully saturated rings. The molecule has 1 rings (SSSR count). The van der Waals surface area contributed by atoms with Crippen LogP contribution in [0.5, 0.6) is 0 Å². The monoisotopic (exact) mass is 239 g/mol. The molecule has 0 atom stereocenters. The summed E-state index contributed by atoms with van der Waals surface area (Å²) in [6, 6.07) is 4.73. The van der Waals surface area contributed by atoms with Crippen LogP contribution in [-0.2, 0) is 4.74 Å². The molecule has 0 unspecified atom stereocenters. The van der Waals surface area contributed by atoms with E-state index in [0.29, 0.717) is 17.8 Å². The first-order valence-corrected chi connectivity index (χ1v) is 4.92. The average molecular weight is 239 g/mol. The molecule has 0 aliphatic carbocycles. The van der Waals surface area contributed by atoms with Crippen LogP contribution in [0.4, 0.5) is 16.2 Å². The van der Waals surface area contributed by atoms with Crippen LogP contribution in [0, 0.1) is 17.0 Å². The highest BCUT2D eigenvalue weighted by molar-refractivity contribution is 5.64. The maximum absolute atomic E-state index is 10.7. The fourth-order valence-corrected chi connectivity index (χ4v) is 1.35. The molecule has 0 saturated heterocycles. The number of hydrogen-bond acceptors (Lipinski definition) is 5. The molecule has 1 aromatic rings. The van der Waals surface area contributed by atoms with Crippen molar-refractivity contribution in [2.24, 2.45) is 5.73 Å².